The van der Waals surface area contributed by atoms with Gasteiger partial charge in [0.2, 0.25) is 0 Å². The molecule has 292 valence electrons. The topological polar surface area (TPSA) is 6.48 Å². The van der Waals surface area contributed by atoms with E-state index in [9.17, 15) is 0 Å². The average Bonchev–Trinajstić information content (AvgIpc) is 3.34. The van der Waals surface area contributed by atoms with Gasteiger partial charge in [-0.3, -0.25) is 0 Å². The van der Waals surface area contributed by atoms with Crippen LogP contribution in [0.25, 0.3) is 17.2 Å². The molecule has 9 aromatic rings. The van der Waals surface area contributed by atoms with Gasteiger partial charge in [0.25, 0.3) is 0 Å². The van der Waals surface area contributed by atoms with Crippen LogP contribution in [0.1, 0.15) is 33.4 Å². The molecular weight excluding hydrogens is 737 g/mol. The van der Waals surface area contributed by atoms with Crippen LogP contribution in [0.3, 0.4) is 0 Å². The van der Waals surface area contributed by atoms with Gasteiger partial charge in [0.15, 0.2) is 0 Å². The van der Waals surface area contributed by atoms with Crippen LogP contribution in [0.5, 0.6) is 0 Å². The Balaban J connectivity index is 1.08. The molecule has 0 saturated carbocycles. The molecule has 0 bridgehead atoms. The molecule has 0 unspecified atom stereocenters. The normalized spacial score (nSPS) is 10.7. The van der Waals surface area contributed by atoms with Crippen molar-refractivity contribution in [3.8, 4) is 0 Å². The molecule has 0 aliphatic carbocycles. The molecule has 9 rings (SSSR count). The van der Waals surface area contributed by atoms with Crippen LogP contribution in [0, 0.1) is 0 Å². The molecule has 2 heteroatoms. The highest BCUT2D eigenvalue weighted by atomic mass is 15.2. The molecule has 0 heterocycles. The van der Waals surface area contributed by atoms with Crippen LogP contribution in [-0.4, -0.2) is 0 Å². The van der Waals surface area contributed by atoms with E-state index in [0.717, 1.165) is 46.1 Å². The number of hydrogen-bond donors (Lipinski definition) is 0. The first-order chi connectivity index (χ1) is 30.3. The Bertz CT molecular complexity index is 2680. The SMILES string of the molecule is C(Cc1ccc(N(c2ccc(C=C(c3ccccc3)c3ccccc3)cc2)c2ccc(N(c3ccccc3)c3ccccc3)cc2)cc1)=C(c1ccccc1)c1ccccc1. The lowest BCUT2D eigenvalue weighted by molar-refractivity contribution is 1.23. The predicted molar refractivity (Wildman–Crippen MR) is 259 cm³/mol. The minimum Gasteiger partial charge on any atom is -0.311 e. The summed E-state index contributed by atoms with van der Waals surface area (Å²) in [6.07, 6.45) is 5.46. The second-order valence-electron chi connectivity index (χ2n) is 15.0. The Morgan fingerprint density at radius 3 is 0.918 bits per heavy atom. The number of anilines is 6. The van der Waals surface area contributed by atoms with Gasteiger partial charge in [0, 0.05) is 34.1 Å². The first kappa shape index (κ1) is 38.6. The van der Waals surface area contributed by atoms with E-state index in [1.807, 2.05) is 0 Å². The number of nitrogens with zero attached hydrogens (tertiary/aromatic N) is 2. The summed E-state index contributed by atoms with van der Waals surface area (Å²) in [5.74, 6) is 0. The van der Waals surface area contributed by atoms with Crippen molar-refractivity contribution in [2.24, 2.45) is 0 Å². The lowest BCUT2D eigenvalue weighted by atomic mass is 9.95. The summed E-state index contributed by atoms with van der Waals surface area (Å²) < 4.78 is 0. The highest BCUT2D eigenvalue weighted by Crippen LogP contribution is 2.39. The van der Waals surface area contributed by atoms with E-state index in [4.69, 9.17) is 0 Å². The molecule has 0 N–H and O–H groups in total. The van der Waals surface area contributed by atoms with Gasteiger partial charge in [-0.15, -0.1) is 0 Å². The number of benzene rings is 9. The first-order valence-electron chi connectivity index (χ1n) is 20.9. The second kappa shape index (κ2) is 18.8. The minimum atomic E-state index is 0.815. The average molecular weight is 783 g/mol. The Kier molecular flexibility index (Phi) is 11.9. The molecular formula is C59H46N2. The molecule has 0 spiro atoms. The molecule has 2 nitrogen and oxygen atoms in total. The van der Waals surface area contributed by atoms with Crippen molar-refractivity contribution in [3.63, 3.8) is 0 Å². The molecule has 0 aliphatic heterocycles. The highest BCUT2D eigenvalue weighted by molar-refractivity contribution is 5.92. The standard InChI is InChI=1S/C59H46N2/c1-7-19-48(20-8-1)58(49-21-9-2-10-22-49)44-35-46-31-36-54(37-32-46)61(57-42-40-56(41-43-57)60(52-27-15-5-16-28-52)53-29-17-6-18-30-53)55-38-33-47(34-39-55)45-59(50-23-11-3-12-24-50)51-25-13-4-14-26-51/h1-34,36-45H,35H2. The number of para-hydroxylation sites is 2. The lowest BCUT2D eigenvalue weighted by Crippen LogP contribution is -2.12. The van der Waals surface area contributed by atoms with Crippen LogP contribution in [-0.2, 0) is 6.42 Å². The fourth-order valence-corrected chi connectivity index (χ4v) is 7.89. The van der Waals surface area contributed by atoms with Crippen LogP contribution in [0.2, 0.25) is 0 Å². The van der Waals surface area contributed by atoms with Gasteiger partial charge in [-0.05, 0) is 130 Å². The first-order valence-corrected chi connectivity index (χ1v) is 20.9. The third-order valence-electron chi connectivity index (χ3n) is 10.9. The van der Waals surface area contributed by atoms with E-state index in [0.29, 0.717) is 0 Å². The van der Waals surface area contributed by atoms with Crippen molar-refractivity contribution in [3.05, 3.63) is 294 Å². The zero-order valence-electron chi connectivity index (χ0n) is 34.0. The highest BCUT2D eigenvalue weighted by Gasteiger charge is 2.16. The van der Waals surface area contributed by atoms with Crippen LogP contribution in [0.4, 0.5) is 34.1 Å². The molecule has 0 aromatic heterocycles. The van der Waals surface area contributed by atoms with Crippen LogP contribution < -0.4 is 9.80 Å². The Hall–Kier alpha value is -7.94. The van der Waals surface area contributed by atoms with Crippen molar-refractivity contribution in [1.29, 1.82) is 0 Å². The summed E-state index contributed by atoms with van der Waals surface area (Å²) in [6, 6.07) is 90.5. The van der Waals surface area contributed by atoms with Crippen molar-refractivity contribution in [2.45, 2.75) is 6.42 Å². The molecule has 0 saturated heterocycles. The smallest absolute Gasteiger partial charge is 0.0463 e. The number of allylic oxidation sites excluding steroid dienone is 1. The molecule has 0 radical (unpaired) electrons. The molecule has 0 amide bonds. The van der Waals surface area contributed by atoms with Crippen LogP contribution in [0.15, 0.2) is 261 Å². The van der Waals surface area contributed by atoms with E-state index in [1.54, 1.807) is 0 Å². The third-order valence-corrected chi connectivity index (χ3v) is 10.9. The third kappa shape index (κ3) is 9.20. The van der Waals surface area contributed by atoms with E-state index >= 15 is 0 Å². The Morgan fingerprint density at radius 1 is 0.279 bits per heavy atom. The zero-order chi connectivity index (χ0) is 41.1. The van der Waals surface area contributed by atoms with E-state index in [2.05, 4.69) is 277 Å². The van der Waals surface area contributed by atoms with Gasteiger partial charge in [-0.1, -0.05) is 188 Å². The Labute approximate surface area is 360 Å². The summed E-state index contributed by atoms with van der Waals surface area (Å²) in [4.78, 5) is 4.65. The fourth-order valence-electron chi connectivity index (χ4n) is 7.89. The summed E-state index contributed by atoms with van der Waals surface area (Å²) in [7, 11) is 0. The van der Waals surface area contributed by atoms with Gasteiger partial charge >= 0.3 is 0 Å². The Morgan fingerprint density at radius 2 is 0.557 bits per heavy atom. The second-order valence-corrected chi connectivity index (χ2v) is 15.0. The van der Waals surface area contributed by atoms with Gasteiger partial charge in [-0.2, -0.15) is 0 Å². The summed E-state index contributed by atoms with van der Waals surface area (Å²) in [5, 5.41) is 0. The molecule has 0 atom stereocenters. The van der Waals surface area contributed by atoms with Gasteiger partial charge in [-0.25, -0.2) is 0 Å². The monoisotopic (exact) mass is 782 g/mol. The van der Waals surface area contributed by atoms with Crippen molar-refractivity contribution in [1.82, 2.24) is 0 Å². The van der Waals surface area contributed by atoms with Crippen molar-refractivity contribution in [2.75, 3.05) is 9.80 Å². The molecule has 9 aromatic carbocycles. The number of hydrogen-bond acceptors (Lipinski definition) is 2. The van der Waals surface area contributed by atoms with Gasteiger partial charge < -0.3 is 9.80 Å². The maximum Gasteiger partial charge on any atom is 0.0463 e. The van der Waals surface area contributed by atoms with Crippen molar-refractivity contribution < 1.29 is 0 Å². The van der Waals surface area contributed by atoms with E-state index in [-0.39, 0.29) is 0 Å². The van der Waals surface area contributed by atoms with Gasteiger partial charge in [0.05, 0.1) is 0 Å². The molecule has 0 aliphatic rings. The van der Waals surface area contributed by atoms with Crippen molar-refractivity contribution >= 4 is 51.3 Å². The number of rotatable bonds is 13. The lowest BCUT2D eigenvalue weighted by Gasteiger charge is -2.28. The zero-order valence-corrected chi connectivity index (χ0v) is 34.0. The maximum absolute atomic E-state index is 2.35. The summed E-state index contributed by atoms with van der Waals surface area (Å²) >= 11 is 0. The maximum atomic E-state index is 2.35. The molecule has 0 fully saturated rings. The molecule has 61 heavy (non-hydrogen) atoms. The van der Waals surface area contributed by atoms with E-state index in [1.165, 1.54) is 39.0 Å². The fraction of sp³-hybridized carbons (Fsp3) is 0.0169. The summed E-state index contributed by atoms with van der Waals surface area (Å²) in [6.45, 7) is 0. The summed E-state index contributed by atoms with van der Waals surface area (Å²) in [5.41, 5.74) is 16.2. The minimum absolute atomic E-state index is 0.815. The largest absolute Gasteiger partial charge is 0.311 e. The van der Waals surface area contributed by atoms with E-state index < -0.39 is 0 Å². The predicted octanol–water partition coefficient (Wildman–Crippen LogP) is 15.9. The van der Waals surface area contributed by atoms with Crippen LogP contribution >= 0.6 is 0 Å². The quantitative estimate of drug-likeness (QED) is 0.108. The van der Waals surface area contributed by atoms with Gasteiger partial charge in [0.1, 0.15) is 0 Å².